The molecule has 0 spiro atoms. The van der Waals surface area contributed by atoms with E-state index in [-0.39, 0.29) is 11.7 Å². The average Bonchev–Trinajstić information content (AvgIpc) is 2.90. The Labute approximate surface area is 217 Å². The van der Waals surface area contributed by atoms with Crippen molar-refractivity contribution >= 4 is 23.5 Å². The predicted molar refractivity (Wildman–Crippen MR) is 143 cm³/mol. The van der Waals surface area contributed by atoms with Crippen LogP contribution >= 0.6 is 11.8 Å². The molecule has 1 N–H and O–H groups in total. The summed E-state index contributed by atoms with van der Waals surface area (Å²) in [6.07, 6.45) is 1.09. The second-order valence-electron chi connectivity index (χ2n) is 8.88. The minimum atomic E-state index is -0.545. The molecule has 0 saturated carbocycles. The molecule has 2 atom stereocenters. The van der Waals surface area contributed by atoms with Crippen LogP contribution in [0.5, 0.6) is 11.5 Å². The molecule has 1 aliphatic carbocycles. The number of hydrogen-bond acceptors (Lipinski definition) is 7. The Morgan fingerprint density at radius 2 is 1.78 bits per heavy atom. The Kier molecular flexibility index (Phi) is 8.41. The summed E-state index contributed by atoms with van der Waals surface area (Å²) in [5, 5.41) is 3.41. The number of benzene rings is 2. The molecule has 1 aliphatic heterocycles. The van der Waals surface area contributed by atoms with Crippen LogP contribution in [0.2, 0.25) is 0 Å². The van der Waals surface area contributed by atoms with Crippen LogP contribution in [0, 0.1) is 0 Å². The fourth-order valence-corrected chi connectivity index (χ4v) is 5.54. The van der Waals surface area contributed by atoms with E-state index in [1.807, 2.05) is 43.3 Å². The van der Waals surface area contributed by atoms with Gasteiger partial charge in [-0.3, -0.25) is 4.79 Å². The van der Waals surface area contributed by atoms with Crippen LogP contribution in [0.1, 0.15) is 49.7 Å². The van der Waals surface area contributed by atoms with E-state index in [2.05, 4.69) is 24.4 Å². The second kappa shape index (κ2) is 11.7. The molecule has 36 heavy (non-hydrogen) atoms. The van der Waals surface area contributed by atoms with Gasteiger partial charge < -0.3 is 19.5 Å². The van der Waals surface area contributed by atoms with Gasteiger partial charge in [-0.15, -0.1) is 0 Å². The third-order valence-corrected chi connectivity index (χ3v) is 7.59. The molecule has 0 aromatic heterocycles. The van der Waals surface area contributed by atoms with E-state index in [0.717, 1.165) is 28.3 Å². The zero-order valence-corrected chi connectivity index (χ0v) is 22.1. The Bertz CT molecular complexity index is 1190. The maximum Gasteiger partial charge on any atom is 0.336 e. The second-order valence-corrected chi connectivity index (χ2v) is 10.3. The van der Waals surface area contributed by atoms with Crippen molar-refractivity contribution in [1.29, 1.82) is 0 Å². The maximum absolute atomic E-state index is 13.7. The van der Waals surface area contributed by atoms with Crippen molar-refractivity contribution < 1.29 is 23.8 Å². The first-order valence-corrected chi connectivity index (χ1v) is 13.4. The quantitative estimate of drug-likeness (QED) is 0.362. The van der Waals surface area contributed by atoms with Gasteiger partial charge in [0.2, 0.25) is 0 Å². The highest BCUT2D eigenvalue weighted by molar-refractivity contribution is 7.99. The molecular formula is C29H33NO5S. The normalized spacial score (nSPS) is 19.5. The van der Waals surface area contributed by atoms with Crippen LogP contribution in [-0.4, -0.2) is 44.1 Å². The number of dihydropyridines is 1. The molecule has 0 fully saturated rings. The van der Waals surface area contributed by atoms with Crippen molar-refractivity contribution in [2.24, 2.45) is 0 Å². The number of nitrogens with one attached hydrogen (secondary N) is 1. The van der Waals surface area contributed by atoms with Gasteiger partial charge >= 0.3 is 5.97 Å². The largest absolute Gasteiger partial charge is 0.493 e. The van der Waals surface area contributed by atoms with Gasteiger partial charge in [0.05, 0.1) is 19.8 Å². The molecule has 0 saturated heterocycles. The Morgan fingerprint density at radius 1 is 1.03 bits per heavy atom. The zero-order chi connectivity index (χ0) is 25.7. The van der Waals surface area contributed by atoms with Gasteiger partial charge in [0, 0.05) is 35.1 Å². The lowest BCUT2D eigenvalue weighted by molar-refractivity contribution is -0.138. The summed E-state index contributed by atoms with van der Waals surface area (Å²) >= 11 is 1.72. The summed E-state index contributed by atoms with van der Waals surface area (Å²) < 4.78 is 16.6. The van der Waals surface area contributed by atoms with Crippen LogP contribution < -0.4 is 14.8 Å². The Balaban J connectivity index is 1.76. The van der Waals surface area contributed by atoms with Crippen molar-refractivity contribution in [2.45, 2.75) is 38.5 Å². The fourth-order valence-electron chi connectivity index (χ4n) is 5.05. The maximum atomic E-state index is 13.7. The molecule has 2 aromatic rings. The van der Waals surface area contributed by atoms with Gasteiger partial charge in [0.15, 0.2) is 17.3 Å². The van der Waals surface area contributed by atoms with Crippen molar-refractivity contribution in [3.8, 4) is 11.5 Å². The summed E-state index contributed by atoms with van der Waals surface area (Å²) in [5.74, 6) is 2.00. The Morgan fingerprint density at radius 3 is 2.47 bits per heavy atom. The van der Waals surface area contributed by atoms with E-state index in [4.69, 9.17) is 14.2 Å². The SMILES string of the molecule is CCSCCOC(=O)C1=C(C)NC2=C(C(=O)CC(c3ccccc3)C2)C1c1ccc(OC)c(OC)c1. The van der Waals surface area contributed by atoms with Gasteiger partial charge in [-0.1, -0.05) is 43.3 Å². The molecule has 2 unspecified atom stereocenters. The topological polar surface area (TPSA) is 73.9 Å². The number of rotatable bonds is 9. The lowest BCUT2D eigenvalue weighted by Gasteiger charge is -2.36. The van der Waals surface area contributed by atoms with E-state index < -0.39 is 11.9 Å². The summed E-state index contributed by atoms with van der Waals surface area (Å²) in [6, 6.07) is 15.7. The average molecular weight is 508 g/mol. The molecule has 0 amide bonds. The summed E-state index contributed by atoms with van der Waals surface area (Å²) in [6.45, 7) is 4.27. The third-order valence-electron chi connectivity index (χ3n) is 6.72. The van der Waals surface area contributed by atoms with Crippen LogP contribution in [0.25, 0.3) is 0 Å². The first-order chi connectivity index (χ1) is 17.5. The van der Waals surface area contributed by atoms with E-state index in [9.17, 15) is 9.59 Å². The van der Waals surface area contributed by atoms with Crippen LogP contribution in [0.15, 0.2) is 71.1 Å². The number of ether oxygens (including phenoxy) is 3. The first kappa shape index (κ1) is 25.9. The first-order valence-electron chi connectivity index (χ1n) is 12.2. The van der Waals surface area contributed by atoms with Gasteiger partial charge in [0.1, 0.15) is 6.61 Å². The molecule has 7 heteroatoms. The molecule has 1 heterocycles. The van der Waals surface area contributed by atoms with Crippen LogP contribution in [0.3, 0.4) is 0 Å². The standard InChI is InChI=1S/C29H33NO5S/c1-5-36-14-13-35-29(32)26-18(2)30-22-15-21(19-9-7-6-8-10-19)16-23(31)28(22)27(26)20-11-12-24(33-3)25(17-20)34-4/h6-12,17,21,27,30H,5,13-16H2,1-4H3. The van der Waals surface area contributed by atoms with Crippen LogP contribution in [-0.2, 0) is 14.3 Å². The molecule has 2 aromatic carbocycles. The highest BCUT2D eigenvalue weighted by atomic mass is 32.2. The molecule has 190 valence electrons. The number of thioether (sulfide) groups is 1. The number of hydrogen-bond donors (Lipinski definition) is 1. The lowest BCUT2D eigenvalue weighted by Crippen LogP contribution is -2.36. The monoisotopic (exact) mass is 507 g/mol. The number of ketones is 1. The van der Waals surface area contributed by atoms with E-state index >= 15 is 0 Å². The molecule has 6 nitrogen and oxygen atoms in total. The van der Waals surface area contributed by atoms with Crippen molar-refractivity contribution in [2.75, 3.05) is 32.3 Å². The van der Waals surface area contributed by atoms with Gasteiger partial charge in [-0.05, 0) is 48.3 Å². The molecule has 0 bridgehead atoms. The van der Waals surface area contributed by atoms with Crippen molar-refractivity contribution in [3.63, 3.8) is 0 Å². The number of carbonyl (C=O) groups is 2. The van der Waals surface area contributed by atoms with E-state index in [0.29, 0.717) is 47.8 Å². The summed E-state index contributed by atoms with van der Waals surface area (Å²) in [4.78, 5) is 27.1. The van der Waals surface area contributed by atoms with Gasteiger partial charge in [0.25, 0.3) is 0 Å². The van der Waals surface area contributed by atoms with E-state index in [1.54, 1.807) is 26.0 Å². The Hall–Kier alpha value is -3.19. The number of allylic oxidation sites excluding steroid dienone is 3. The van der Waals surface area contributed by atoms with Gasteiger partial charge in [-0.25, -0.2) is 4.79 Å². The van der Waals surface area contributed by atoms with E-state index in [1.165, 1.54) is 0 Å². The van der Waals surface area contributed by atoms with Crippen molar-refractivity contribution in [1.82, 2.24) is 5.32 Å². The zero-order valence-electron chi connectivity index (χ0n) is 21.3. The highest BCUT2D eigenvalue weighted by Crippen LogP contribution is 2.47. The summed E-state index contributed by atoms with van der Waals surface area (Å²) in [7, 11) is 3.16. The summed E-state index contributed by atoms with van der Waals surface area (Å²) in [5.41, 5.74) is 4.62. The number of Topliss-reactive ketones (excluding diaryl/α,β-unsaturated/α-hetero) is 1. The molecule has 0 radical (unpaired) electrons. The minimum Gasteiger partial charge on any atom is -0.493 e. The predicted octanol–water partition coefficient (Wildman–Crippen LogP) is 5.36. The molecule has 4 rings (SSSR count). The fraction of sp³-hybridized carbons (Fsp3) is 0.379. The van der Waals surface area contributed by atoms with Gasteiger partial charge in [-0.2, -0.15) is 11.8 Å². The highest BCUT2D eigenvalue weighted by Gasteiger charge is 2.41. The lowest BCUT2D eigenvalue weighted by atomic mass is 9.71. The van der Waals surface area contributed by atoms with Crippen molar-refractivity contribution in [3.05, 3.63) is 82.2 Å². The minimum absolute atomic E-state index is 0.0386. The molecule has 2 aliphatic rings. The number of carbonyl (C=O) groups excluding carboxylic acids is 2. The smallest absolute Gasteiger partial charge is 0.336 e. The van der Waals surface area contributed by atoms with Crippen LogP contribution in [0.4, 0.5) is 0 Å². The third kappa shape index (κ3) is 5.31. The number of methoxy groups -OCH3 is 2. The molecular weight excluding hydrogens is 474 g/mol. The number of esters is 1.